The maximum atomic E-state index is 13.1. The molecule has 3 aromatic rings. The minimum Gasteiger partial charge on any atom is -0.468 e. The van der Waals surface area contributed by atoms with Crippen LogP contribution in [0.2, 0.25) is 0 Å². The van der Waals surface area contributed by atoms with Gasteiger partial charge in [0.1, 0.15) is 6.54 Å². The molecule has 156 valence electrons. The topological polar surface area (TPSA) is 98.8 Å². The molecule has 0 amide bonds. The Labute approximate surface area is 173 Å². The standard InChI is InChI=1S/C21H20N2O6S/c1-28-20(24)14-23-18-8-7-17(13-19(18)29-21(23)25)30(26,27)22-11-9-16(10-12-22)15-5-3-2-4-6-15/h2-9,13H,10-12,14H2,1H3. The number of oxazole rings is 1. The maximum absolute atomic E-state index is 13.1. The maximum Gasteiger partial charge on any atom is 0.420 e. The molecule has 0 fully saturated rings. The molecule has 9 heteroatoms. The molecule has 0 atom stereocenters. The number of carbonyl (C=O) groups excluding carboxylic acids is 1. The average molecular weight is 428 g/mol. The number of methoxy groups -OCH3 is 1. The van der Waals surface area contributed by atoms with Gasteiger partial charge in [-0.1, -0.05) is 36.4 Å². The smallest absolute Gasteiger partial charge is 0.420 e. The number of hydrogen-bond donors (Lipinski definition) is 0. The fraction of sp³-hybridized carbons (Fsp3) is 0.238. The third kappa shape index (κ3) is 3.69. The molecule has 2 aromatic carbocycles. The van der Waals surface area contributed by atoms with Crippen molar-refractivity contribution in [3.8, 4) is 0 Å². The molecule has 0 N–H and O–H groups in total. The van der Waals surface area contributed by atoms with Crippen LogP contribution in [-0.2, 0) is 26.1 Å². The molecule has 4 rings (SSSR count). The highest BCUT2D eigenvalue weighted by Crippen LogP contribution is 2.27. The zero-order valence-corrected chi connectivity index (χ0v) is 17.1. The van der Waals surface area contributed by atoms with Crippen molar-refractivity contribution in [1.82, 2.24) is 8.87 Å². The van der Waals surface area contributed by atoms with Crippen LogP contribution in [-0.4, -0.2) is 43.5 Å². The average Bonchev–Trinajstić information content (AvgIpc) is 3.08. The van der Waals surface area contributed by atoms with E-state index < -0.39 is 21.7 Å². The van der Waals surface area contributed by atoms with Crippen molar-refractivity contribution in [2.45, 2.75) is 17.9 Å². The number of esters is 1. The molecular formula is C21H20N2O6S. The summed E-state index contributed by atoms with van der Waals surface area (Å²) in [4.78, 5) is 23.6. The molecular weight excluding hydrogens is 408 g/mol. The van der Waals surface area contributed by atoms with Gasteiger partial charge in [0.25, 0.3) is 0 Å². The second-order valence-corrected chi connectivity index (χ2v) is 8.81. The molecule has 0 radical (unpaired) electrons. The first-order valence-corrected chi connectivity index (χ1v) is 10.8. The van der Waals surface area contributed by atoms with Crippen molar-refractivity contribution in [3.63, 3.8) is 0 Å². The van der Waals surface area contributed by atoms with E-state index in [-0.39, 0.29) is 23.6 Å². The van der Waals surface area contributed by atoms with Gasteiger partial charge >= 0.3 is 11.7 Å². The van der Waals surface area contributed by atoms with Gasteiger partial charge in [0.2, 0.25) is 10.0 Å². The molecule has 2 heterocycles. The molecule has 0 unspecified atom stereocenters. The van der Waals surface area contributed by atoms with Crippen LogP contribution in [0, 0.1) is 0 Å². The molecule has 0 aliphatic carbocycles. The van der Waals surface area contributed by atoms with E-state index in [2.05, 4.69) is 4.74 Å². The van der Waals surface area contributed by atoms with Crippen molar-refractivity contribution < 1.29 is 22.4 Å². The van der Waals surface area contributed by atoms with E-state index >= 15 is 0 Å². The van der Waals surface area contributed by atoms with Crippen molar-refractivity contribution in [2.75, 3.05) is 20.2 Å². The zero-order chi connectivity index (χ0) is 21.3. The minimum absolute atomic E-state index is 0.0329. The summed E-state index contributed by atoms with van der Waals surface area (Å²) in [5, 5.41) is 0. The molecule has 0 saturated heterocycles. The second kappa shape index (κ2) is 7.92. The number of sulfonamides is 1. The quantitative estimate of drug-likeness (QED) is 0.578. The van der Waals surface area contributed by atoms with Crippen molar-refractivity contribution in [1.29, 1.82) is 0 Å². The Morgan fingerprint density at radius 3 is 2.60 bits per heavy atom. The Kier molecular flexibility index (Phi) is 5.31. The summed E-state index contributed by atoms with van der Waals surface area (Å²) in [5.74, 6) is -1.36. The monoisotopic (exact) mass is 428 g/mol. The third-order valence-electron chi connectivity index (χ3n) is 5.11. The van der Waals surface area contributed by atoms with Crippen LogP contribution in [0.4, 0.5) is 0 Å². The molecule has 30 heavy (non-hydrogen) atoms. The molecule has 0 bridgehead atoms. The van der Waals surface area contributed by atoms with E-state index in [9.17, 15) is 18.0 Å². The van der Waals surface area contributed by atoms with Gasteiger partial charge < -0.3 is 9.15 Å². The summed E-state index contributed by atoms with van der Waals surface area (Å²) in [5.41, 5.74) is 2.63. The predicted octanol–water partition coefficient (Wildman–Crippen LogP) is 2.25. The van der Waals surface area contributed by atoms with Crippen LogP contribution < -0.4 is 5.76 Å². The third-order valence-corrected chi connectivity index (χ3v) is 6.97. The van der Waals surface area contributed by atoms with Crippen molar-refractivity contribution in [3.05, 3.63) is 70.7 Å². The van der Waals surface area contributed by atoms with Crippen LogP contribution >= 0.6 is 0 Å². The first kappa shape index (κ1) is 20.1. The van der Waals surface area contributed by atoms with E-state index in [0.717, 1.165) is 15.7 Å². The van der Waals surface area contributed by atoms with Gasteiger partial charge in [0.15, 0.2) is 5.58 Å². The number of rotatable bonds is 5. The Bertz CT molecular complexity index is 1290. The Morgan fingerprint density at radius 2 is 1.93 bits per heavy atom. The van der Waals surface area contributed by atoms with E-state index in [0.29, 0.717) is 18.5 Å². The Hall–Kier alpha value is -3.17. The van der Waals surface area contributed by atoms with E-state index in [1.165, 1.54) is 29.6 Å². The summed E-state index contributed by atoms with van der Waals surface area (Å²) in [6.07, 6.45) is 2.53. The number of benzene rings is 2. The number of carbonyl (C=O) groups is 1. The minimum atomic E-state index is -3.76. The highest BCUT2D eigenvalue weighted by atomic mass is 32.2. The van der Waals surface area contributed by atoms with Gasteiger partial charge in [-0.05, 0) is 29.7 Å². The van der Waals surface area contributed by atoms with Gasteiger partial charge in [-0.25, -0.2) is 13.2 Å². The van der Waals surface area contributed by atoms with Crippen LogP contribution in [0.25, 0.3) is 16.7 Å². The largest absolute Gasteiger partial charge is 0.468 e. The van der Waals surface area contributed by atoms with Gasteiger partial charge in [0.05, 0.1) is 17.5 Å². The first-order valence-electron chi connectivity index (χ1n) is 9.35. The zero-order valence-electron chi connectivity index (χ0n) is 16.3. The Balaban J connectivity index is 1.61. The summed E-state index contributed by atoms with van der Waals surface area (Å²) in [6, 6.07) is 14.0. The normalized spacial score (nSPS) is 15.2. The van der Waals surface area contributed by atoms with Crippen molar-refractivity contribution in [2.24, 2.45) is 0 Å². The lowest BCUT2D eigenvalue weighted by Crippen LogP contribution is -2.34. The number of hydrogen-bond acceptors (Lipinski definition) is 6. The number of ether oxygens (including phenoxy) is 1. The molecule has 1 aliphatic heterocycles. The number of fused-ring (bicyclic) bond motifs is 1. The summed E-state index contributed by atoms with van der Waals surface area (Å²) >= 11 is 0. The SMILES string of the molecule is COC(=O)Cn1c(=O)oc2cc(S(=O)(=O)N3CC=C(c4ccccc4)CC3)ccc21. The van der Waals surface area contributed by atoms with E-state index in [1.54, 1.807) is 0 Å². The molecule has 0 saturated carbocycles. The highest BCUT2D eigenvalue weighted by molar-refractivity contribution is 7.89. The molecule has 8 nitrogen and oxygen atoms in total. The number of aromatic nitrogens is 1. The lowest BCUT2D eigenvalue weighted by molar-refractivity contribution is -0.141. The highest BCUT2D eigenvalue weighted by Gasteiger charge is 2.27. The first-order chi connectivity index (χ1) is 14.4. The van der Waals surface area contributed by atoms with E-state index in [4.69, 9.17) is 4.42 Å². The van der Waals surface area contributed by atoms with Gasteiger partial charge in [-0.3, -0.25) is 9.36 Å². The second-order valence-electron chi connectivity index (χ2n) is 6.87. The van der Waals surface area contributed by atoms with Crippen LogP contribution in [0.5, 0.6) is 0 Å². The van der Waals surface area contributed by atoms with Gasteiger partial charge in [0, 0.05) is 19.2 Å². The lowest BCUT2D eigenvalue weighted by Gasteiger charge is -2.26. The lowest BCUT2D eigenvalue weighted by atomic mass is 10.0. The van der Waals surface area contributed by atoms with E-state index in [1.807, 2.05) is 36.4 Å². The van der Waals surface area contributed by atoms with Crippen LogP contribution in [0.15, 0.2) is 68.7 Å². The fourth-order valence-electron chi connectivity index (χ4n) is 3.48. The Morgan fingerprint density at radius 1 is 1.17 bits per heavy atom. The number of nitrogens with zero attached hydrogens (tertiary/aromatic N) is 2. The molecule has 1 aromatic heterocycles. The van der Waals surface area contributed by atoms with Crippen molar-refractivity contribution >= 4 is 32.7 Å². The molecule has 1 aliphatic rings. The van der Waals surface area contributed by atoms with Crippen LogP contribution in [0.3, 0.4) is 0 Å². The summed E-state index contributed by atoms with van der Waals surface area (Å²) < 4.78 is 38.4. The predicted molar refractivity (Wildman–Crippen MR) is 110 cm³/mol. The summed E-state index contributed by atoms with van der Waals surface area (Å²) in [6.45, 7) is 0.305. The van der Waals surface area contributed by atoms with Gasteiger partial charge in [-0.15, -0.1) is 0 Å². The van der Waals surface area contributed by atoms with Gasteiger partial charge in [-0.2, -0.15) is 4.31 Å². The summed E-state index contributed by atoms with van der Waals surface area (Å²) in [7, 11) is -2.55. The molecule has 0 spiro atoms. The fourth-order valence-corrected chi connectivity index (χ4v) is 4.88. The van der Waals surface area contributed by atoms with Crippen LogP contribution in [0.1, 0.15) is 12.0 Å².